The van der Waals surface area contributed by atoms with Crippen molar-refractivity contribution in [1.29, 1.82) is 0 Å². The molecule has 2 heterocycles. The first-order valence-electron chi connectivity index (χ1n) is 7.76. The third kappa shape index (κ3) is 2.92. The van der Waals surface area contributed by atoms with Crippen LogP contribution < -0.4 is 4.90 Å². The number of rotatable bonds is 2. The van der Waals surface area contributed by atoms with Gasteiger partial charge in [0, 0.05) is 19.3 Å². The van der Waals surface area contributed by atoms with Crippen LogP contribution in [0, 0.1) is 20.8 Å². The fourth-order valence-corrected chi connectivity index (χ4v) is 3.27. The van der Waals surface area contributed by atoms with Gasteiger partial charge in [-0.25, -0.2) is 4.98 Å². The minimum absolute atomic E-state index is 0.681. The molecule has 1 saturated heterocycles. The molecule has 1 aromatic heterocycles. The van der Waals surface area contributed by atoms with Gasteiger partial charge in [0.25, 0.3) is 0 Å². The predicted octanol–water partition coefficient (Wildman–Crippen LogP) is 3.79. The molecule has 0 bridgehead atoms. The first-order chi connectivity index (χ1) is 10.1. The molecule has 0 radical (unpaired) electrons. The summed E-state index contributed by atoms with van der Waals surface area (Å²) < 4.78 is 0. The molecular formula is C18H23N3. The Kier molecular flexibility index (Phi) is 3.91. The first-order valence-corrected chi connectivity index (χ1v) is 7.76. The average Bonchev–Trinajstić information content (AvgIpc) is 2.50. The van der Waals surface area contributed by atoms with E-state index in [1.807, 2.05) is 13.1 Å². The van der Waals surface area contributed by atoms with E-state index >= 15 is 0 Å². The molecule has 0 spiro atoms. The van der Waals surface area contributed by atoms with Gasteiger partial charge in [-0.1, -0.05) is 24.3 Å². The number of nitrogens with zero attached hydrogens (tertiary/aromatic N) is 3. The highest BCUT2D eigenvalue weighted by molar-refractivity contribution is 5.44. The maximum Gasteiger partial charge on any atom is 0.150 e. The fraction of sp³-hybridized carbons (Fsp3) is 0.444. The summed E-state index contributed by atoms with van der Waals surface area (Å²) in [5.41, 5.74) is 4.97. The van der Waals surface area contributed by atoms with Crippen LogP contribution in [0.1, 0.15) is 41.3 Å². The van der Waals surface area contributed by atoms with E-state index in [2.05, 4.69) is 53.0 Å². The Morgan fingerprint density at radius 3 is 2.48 bits per heavy atom. The van der Waals surface area contributed by atoms with Gasteiger partial charge in [-0.2, -0.15) is 0 Å². The molecule has 21 heavy (non-hydrogen) atoms. The average molecular weight is 281 g/mol. The third-order valence-electron chi connectivity index (χ3n) is 4.47. The highest BCUT2D eigenvalue weighted by Gasteiger charge is 2.23. The maximum atomic E-state index is 4.68. The van der Waals surface area contributed by atoms with Crippen molar-refractivity contribution in [2.45, 2.75) is 39.5 Å². The van der Waals surface area contributed by atoms with Crippen LogP contribution in [0.15, 0.2) is 30.5 Å². The molecule has 1 aromatic carbocycles. The van der Waals surface area contributed by atoms with Gasteiger partial charge in [0.15, 0.2) is 0 Å². The predicted molar refractivity (Wildman–Crippen MR) is 86.9 cm³/mol. The minimum Gasteiger partial charge on any atom is -0.355 e. The minimum atomic E-state index is 0.681. The van der Waals surface area contributed by atoms with E-state index in [-0.39, 0.29) is 0 Å². The number of anilines is 1. The second-order valence-corrected chi connectivity index (χ2v) is 6.04. The van der Waals surface area contributed by atoms with E-state index < -0.39 is 0 Å². The molecule has 1 fully saturated rings. The van der Waals surface area contributed by atoms with Crippen molar-refractivity contribution in [2.75, 3.05) is 18.0 Å². The third-order valence-corrected chi connectivity index (χ3v) is 4.47. The summed E-state index contributed by atoms with van der Waals surface area (Å²) in [5.74, 6) is 1.75. The van der Waals surface area contributed by atoms with Crippen LogP contribution in [0.4, 0.5) is 5.82 Å². The molecule has 0 N–H and O–H groups in total. The van der Waals surface area contributed by atoms with Gasteiger partial charge in [0.05, 0.1) is 11.4 Å². The van der Waals surface area contributed by atoms with Gasteiger partial charge in [-0.05, 0) is 50.7 Å². The molecule has 0 amide bonds. The van der Waals surface area contributed by atoms with E-state index in [4.69, 9.17) is 0 Å². The van der Waals surface area contributed by atoms with Crippen LogP contribution in [-0.2, 0) is 0 Å². The lowest BCUT2D eigenvalue weighted by Crippen LogP contribution is -2.34. The summed E-state index contributed by atoms with van der Waals surface area (Å²) in [4.78, 5) is 11.5. The normalized spacial score (nSPS) is 16.2. The lowest BCUT2D eigenvalue weighted by atomic mass is 9.87. The highest BCUT2D eigenvalue weighted by atomic mass is 15.2. The molecule has 3 nitrogen and oxygen atoms in total. The van der Waals surface area contributed by atoms with E-state index in [9.17, 15) is 0 Å². The van der Waals surface area contributed by atoms with Gasteiger partial charge in [0.1, 0.15) is 5.82 Å². The Bertz CT molecular complexity index is 628. The van der Waals surface area contributed by atoms with E-state index in [1.165, 1.54) is 24.0 Å². The zero-order valence-corrected chi connectivity index (χ0v) is 13.1. The van der Waals surface area contributed by atoms with Crippen molar-refractivity contribution in [3.05, 3.63) is 53.0 Å². The Morgan fingerprint density at radius 1 is 1.05 bits per heavy atom. The molecule has 0 unspecified atom stereocenters. The molecular weight excluding hydrogens is 258 g/mol. The lowest BCUT2D eigenvalue weighted by Gasteiger charge is -2.34. The van der Waals surface area contributed by atoms with Crippen LogP contribution in [0.3, 0.4) is 0 Å². The zero-order valence-electron chi connectivity index (χ0n) is 13.1. The van der Waals surface area contributed by atoms with Gasteiger partial charge in [-0.15, -0.1) is 0 Å². The SMILES string of the molecule is Cc1cnc(C)c(N2CCC(c3ccccc3C)CC2)n1. The molecule has 0 saturated carbocycles. The Morgan fingerprint density at radius 2 is 1.76 bits per heavy atom. The maximum absolute atomic E-state index is 4.68. The summed E-state index contributed by atoms with van der Waals surface area (Å²) >= 11 is 0. The van der Waals surface area contributed by atoms with E-state index in [1.54, 1.807) is 0 Å². The smallest absolute Gasteiger partial charge is 0.150 e. The zero-order chi connectivity index (χ0) is 14.8. The second-order valence-electron chi connectivity index (χ2n) is 6.04. The number of aryl methyl sites for hydroxylation is 3. The Balaban J connectivity index is 1.73. The number of piperidine rings is 1. The lowest BCUT2D eigenvalue weighted by molar-refractivity contribution is 0.499. The van der Waals surface area contributed by atoms with Gasteiger partial charge >= 0.3 is 0 Å². The van der Waals surface area contributed by atoms with Crippen LogP contribution >= 0.6 is 0 Å². The monoisotopic (exact) mass is 281 g/mol. The molecule has 3 heteroatoms. The van der Waals surface area contributed by atoms with E-state index in [0.717, 1.165) is 30.3 Å². The van der Waals surface area contributed by atoms with Crippen LogP contribution in [0.5, 0.6) is 0 Å². The van der Waals surface area contributed by atoms with Crippen molar-refractivity contribution in [3.8, 4) is 0 Å². The largest absolute Gasteiger partial charge is 0.355 e. The van der Waals surface area contributed by atoms with Crippen LogP contribution in [0.2, 0.25) is 0 Å². The second kappa shape index (κ2) is 5.84. The van der Waals surface area contributed by atoms with Gasteiger partial charge < -0.3 is 4.90 Å². The fourth-order valence-electron chi connectivity index (χ4n) is 3.27. The summed E-state index contributed by atoms with van der Waals surface area (Å²) in [7, 11) is 0. The first kappa shape index (κ1) is 14.1. The van der Waals surface area contributed by atoms with Crippen molar-refractivity contribution < 1.29 is 0 Å². The number of aromatic nitrogens is 2. The van der Waals surface area contributed by atoms with Gasteiger partial charge in [-0.3, -0.25) is 4.98 Å². The summed E-state index contributed by atoms with van der Waals surface area (Å²) in [5, 5.41) is 0. The molecule has 3 rings (SSSR count). The summed E-state index contributed by atoms with van der Waals surface area (Å²) in [6, 6.07) is 8.79. The summed E-state index contributed by atoms with van der Waals surface area (Å²) in [6.45, 7) is 8.42. The van der Waals surface area contributed by atoms with Crippen LogP contribution in [0.25, 0.3) is 0 Å². The van der Waals surface area contributed by atoms with Crippen molar-refractivity contribution >= 4 is 5.82 Å². The van der Waals surface area contributed by atoms with Crippen molar-refractivity contribution in [1.82, 2.24) is 9.97 Å². The number of hydrogen-bond donors (Lipinski definition) is 0. The van der Waals surface area contributed by atoms with Gasteiger partial charge in [0.2, 0.25) is 0 Å². The topological polar surface area (TPSA) is 29.0 Å². The molecule has 0 aliphatic carbocycles. The summed E-state index contributed by atoms with van der Waals surface area (Å²) in [6.07, 6.45) is 4.23. The molecule has 0 atom stereocenters. The number of hydrogen-bond acceptors (Lipinski definition) is 3. The molecule has 110 valence electrons. The van der Waals surface area contributed by atoms with Crippen LogP contribution in [-0.4, -0.2) is 23.1 Å². The molecule has 1 aliphatic heterocycles. The molecule has 2 aromatic rings. The molecule has 1 aliphatic rings. The number of benzene rings is 1. The highest BCUT2D eigenvalue weighted by Crippen LogP contribution is 2.32. The Labute approximate surface area is 127 Å². The van der Waals surface area contributed by atoms with Crippen molar-refractivity contribution in [2.24, 2.45) is 0 Å². The van der Waals surface area contributed by atoms with Crippen molar-refractivity contribution in [3.63, 3.8) is 0 Å². The standard InChI is InChI=1S/C18H23N3/c1-13-6-4-5-7-17(13)16-8-10-21(11-9-16)18-15(3)19-12-14(2)20-18/h4-7,12,16H,8-11H2,1-3H3. The Hall–Kier alpha value is -1.90. The quantitative estimate of drug-likeness (QED) is 0.838. The van der Waals surface area contributed by atoms with E-state index in [0.29, 0.717) is 5.92 Å².